The fourth-order valence-electron chi connectivity index (χ4n) is 2.64. The Morgan fingerprint density at radius 2 is 2.24 bits per heavy atom. The van der Waals surface area contributed by atoms with Gasteiger partial charge in [-0.2, -0.15) is 0 Å². The van der Waals surface area contributed by atoms with E-state index in [9.17, 15) is 4.79 Å². The molecule has 2 aliphatic heterocycles. The molecule has 90 valence electrons. The van der Waals surface area contributed by atoms with Gasteiger partial charge in [-0.25, -0.2) is 0 Å². The second kappa shape index (κ2) is 4.37. The lowest BCUT2D eigenvalue weighted by molar-refractivity contribution is -0.131. The molecule has 1 saturated heterocycles. The third-order valence-electron chi connectivity index (χ3n) is 3.43. The van der Waals surface area contributed by atoms with Crippen molar-refractivity contribution in [2.24, 2.45) is 0 Å². The van der Waals surface area contributed by atoms with Gasteiger partial charge in [-0.05, 0) is 18.1 Å². The van der Waals surface area contributed by atoms with Gasteiger partial charge in [-0.15, -0.1) is 0 Å². The van der Waals surface area contributed by atoms with Crippen LogP contribution in [0.2, 0.25) is 0 Å². The van der Waals surface area contributed by atoms with E-state index in [4.69, 9.17) is 4.74 Å². The van der Waals surface area contributed by atoms with Gasteiger partial charge < -0.3 is 15.4 Å². The van der Waals surface area contributed by atoms with Crippen molar-refractivity contribution in [3.63, 3.8) is 0 Å². The second-order valence-corrected chi connectivity index (χ2v) is 4.68. The molecule has 2 aliphatic rings. The lowest BCUT2D eigenvalue weighted by Gasteiger charge is -2.25. The molecule has 0 aliphatic carbocycles. The van der Waals surface area contributed by atoms with Gasteiger partial charge >= 0.3 is 0 Å². The number of anilines is 1. The number of ether oxygens (including phenoxy) is 1. The Morgan fingerprint density at radius 3 is 3.12 bits per heavy atom. The molecule has 2 atom stereocenters. The number of fused-ring (bicyclic) bond motifs is 1. The third-order valence-corrected chi connectivity index (χ3v) is 3.43. The monoisotopic (exact) mass is 232 g/mol. The van der Waals surface area contributed by atoms with Crippen molar-refractivity contribution in [3.05, 3.63) is 29.8 Å². The molecule has 4 nitrogen and oxygen atoms in total. The number of morpholine rings is 1. The van der Waals surface area contributed by atoms with E-state index in [-0.39, 0.29) is 18.6 Å². The molecule has 4 heteroatoms. The number of hydrogen-bond donors (Lipinski definition) is 2. The lowest BCUT2D eigenvalue weighted by atomic mass is 9.94. The first-order chi connectivity index (χ1) is 8.33. The summed E-state index contributed by atoms with van der Waals surface area (Å²) in [6.45, 7) is 1.78. The molecule has 2 heterocycles. The van der Waals surface area contributed by atoms with E-state index in [1.54, 1.807) is 0 Å². The molecule has 1 aromatic rings. The maximum atomic E-state index is 11.2. The second-order valence-electron chi connectivity index (χ2n) is 4.68. The Kier molecular flexibility index (Phi) is 2.73. The summed E-state index contributed by atoms with van der Waals surface area (Å²) in [5.41, 5.74) is 2.58. The summed E-state index contributed by atoms with van der Waals surface area (Å²) in [7, 11) is 0. The lowest BCUT2D eigenvalue weighted by Crippen LogP contribution is -2.46. The number of nitrogens with one attached hydrogen (secondary N) is 2. The zero-order valence-corrected chi connectivity index (χ0v) is 9.61. The van der Waals surface area contributed by atoms with E-state index < -0.39 is 0 Å². The number of benzene rings is 1. The highest BCUT2D eigenvalue weighted by Gasteiger charge is 2.27. The van der Waals surface area contributed by atoms with Crippen molar-refractivity contribution in [1.29, 1.82) is 0 Å². The smallest absolute Gasteiger partial charge is 0.246 e. The standard InChI is InChI=1S/C13H16N2O2/c16-13-8-17-7-10(15-13)5-9-6-14-12-4-2-1-3-11(9)12/h1-4,9-10,14H,5-8H2,(H,15,16)/t9-,10-/m0/s1. The SMILES string of the molecule is O=C1COC[C@H](C[C@H]2CNc3ccccc32)N1. The first-order valence-corrected chi connectivity index (χ1v) is 6.03. The van der Waals surface area contributed by atoms with E-state index in [2.05, 4.69) is 28.8 Å². The minimum absolute atomic E-state index is 0.000455. The van der Waals surface area contributed by atoms with Gasteiger partial charge in [0.2, 0.25) is 5.91 Å². The fraction of sp³-hybridized carbons (Fsp3) is 0.462. The average molecular weight is 232 g/mol. The maximum absolute atomic E-state index is 11.2. The third kappa shape index (κ3) is 2.13. The topological polar surface area (TPSA) is 50.4 Å². The molecule has 0 saturated carbocycles. The van der Waals surface area contributed by atoms with Gasteiger partial charge in [0.15, 0.2) is 0 Å². The summed E-state index contributed by atoms with van der Waals surface area (Å²) in [5, 5.41) is 6.38. The molecule has 0 aromatic heterocycles. The van der Waals surface area contributed by atoms with Gasteiger partial charge in [0.1, 0.15) is 6.61 Å². The van der Waals surface area contributed by atoms with Crippen LogP contribution in [-0.4, -0.2) is 31.7 Å². The highest BCUT2D eigenvalue weighted by atomic mass is 16.5. The minimum Gasteiger partial charge on any atom is -0.384 e. The summed E-state index contributed by atoms with van der Waals surface area (Å²) < 4.78 is 5.26. The van der Waals surface area contributed by atoms with Crippen molar-refractivity contribution in [2.75, 3.05) is 25.1 Å². The Balaban J connectivity index is 1.69. The van der Waals surface area contributed by atoms with Crippen LogP contribution in [0.15, 0.2) is 24.3 Å². The van der Waals surface area contributed by atoms with Crippen molar-refractivity contribution < 1.29 is 9.53 Å². The molecule has 0 spiro atoms. The van der Waals surface area contributed by atoms with Crippen molar-refractivity contribution in [1.82, 2.24) is 5.32 Å². The number of carbonyl (C=O) groups excluding carboxylic acids is 1. The molecule has 1 fully saturated rings. The number of amides is 1. The Hall–Kier alpha value is -1.55. The summed E-state index contributed by atoms with van der Waals surface area (Å²) in [5.74, 6) is 0.471. The van der Waals surface area contributed by atoms with E-state index in [1.807, 2.05) is 6.07 Å². The predicted octanol–water partition coefficient (Wildman–Crippen LogP) is 1.10. The molecule has 17 heavy (non-hydrogen) atoms. The number of rotatable bonds is 2. The first kappa shape index (κ1) is 10.6. The molecule has 0 radical (unpaired) electrons. The summed E-state index contributed by atoms with van der Waals surface area (Å²) in [4.78, 5) is 11.2. The van der Waals surface area contributed by atoms with Gasteiger partial charge in [0, 0.05) is 18.2 Å². The predicted molar refractivity (Wildman–Crippen MR) is 65.0 cm³/mol. The van der Waals surface area contributed by atoms with Crippen molar-refractivity contribution in [3.8, 4) is 0 Å². The zero-order chi connectivity index (χ0) is 11.7. The molecular weight excluding hydrogens is 216 g/mol. The van der Waals surface area contributed by atoms with Crippen LogP contribution in [-0.2, 0) is 9.53 Å². The first-order valence-electron chi connectivity index (χ1n) is 6.03. The van der Waals surface area contributed by atoms with Gasteiger partial charge in [0.05, 0.1) is 12.6 Å². The van der Waals surface area contributed by atoms with Crippen molar-refractivity contribution >= 4 is 11.6 Å². The van der Waals surface area contributed by atoms with Crippen LogP contribution in [0.25, 0.3) is 0 Å². The van der Waals surface area contributed by atoms with Crippen LogP contribution in [0, 0.1) is 0 Å². The largest absolute Gasteiger partial charge is 0.384 e. The molecule has 0 unspecified atom stereocenters. The maximum Gasteiger partial charge on any atom is 0.246 e. The normalized spacial score (nSPS) is 27.2. The zero-order valence-electron chi connectivity index (χ0n) is 9.61. The van der Waals surface area contributed by atoms with Crippen LogP contribution >= 0.6 is 0 Å². The van der Waals surface area contributed by atoms with Gasteiger partial charge in [-0.1, -0.05) is 18.2 Å². The minimum atomic E-state index is 0.000455. The van der Waals surface area contributed by atoms with Crippen LogP contribution in [0.1, 0.15) is 17.9 Å². The highest BCUT2D eigenvalue weighted by Crippen LogP contribution is 2.34. The molecular formula is C13H16N2O2. The summed E-state index contributed by atoms with van der Waals surface area (Å²) in [6, 6.07) is 8.51. The Morgan fingerprint density at radius 1 is 1.35 bits per heavy atom. The van der Waals surface area contributed by atoms with E-state index in [0.29, 0.717) is 12.5 Å². The number of para-hydroxylation sites is 1. The van der Waals surface area contributed by atoms with Gasteiger partial charge in [0.25, 0.3) is 0 Å². The molecule has 1 aromatic carbocycles. The van der Waals surface area contributed by atoms with Gasteiger partial charge in [-0.3, -0.25) is 4.79 Å². The van der Waals surface area contributed by atoms with Crippen LogP contribution < -0.4 is 10.6 Å². The number of carbonyl (C=O) groups is 1. The molecule has 3 rings (SSSR count). The number of hydrogen-bond acceptors (Lipinski definition) is 3. The highest BCUT2D eigenvalue weighted by molar-refractivity contribution is 5.78. The van der Waals surface area contributed by atoms with E-state index >= 15 is 0 Å². The van der Waals surface area contributed by atoms with E-state index in [0.717, 1.165) is 13.0 Å². The molecule has 1 amide bonds. The quantitative estimate of drug-likeness (QED) is 0.803. The molecule has 2 N–H and O–H groups in total. The van der Waals surface area contributed by atoms with Crippen molar-refractivity contribution in [2.45, 2.75) is 18.4 Å². The Bertz CT molecular complexity index is 433. The van der Waals surface area contributed by atoms with E-state index in [1.165, 1.54) is 11.3 Å². The Labute approximate surface area is 100 Å². The molecule has 0 bridgehead atoms. The van der Waals surface area contributed by atoms with Crippen LogP contribution in [0.4, 0.5) is 5.69 Å². The van der Waals surface area contributed by atoms with Crippen LogP contribution in [0.3, 0.4) is 0 Å². The fourth-order valence-corrected chi connectivity index (χ4v) is 2.64. The van der Waals surface area contributed by atoms with Crippen LogP contribution in [0.5, 0.6) is 0 Å². The summed E-state index contributed by atoms with van der Waals surface area (Å²) in [6.07, 6.45) is 0.940. The average Bonchev–Trinajstić information content (AvgIpc) is 2.73. The summed E-state index contributed by atoms with van der Waals surface area (Å²) >= 11 is 0.